The summed E-state index contributed by atoms with van der Waals surface area (Å²) in [5, 5.41) is 20.5. The van der Waals surface area contributed by atoms with Gasteiger partial charge in [0.15, 0.2) is 0 Å². The average molecular weight is 455 g/mol. The van der Waals surface area contributed by atoms with Crippen LogP contribution in [0.4, 0.5) is 5.69 Å². The number of rotatable bonds is 9. The normalized spacial score (nSPS) is 17.4. The molecule has 3 aromatic carbocycles. The van der Waals surface area contributed by atoms with Crippen LogP contribution in [-0.2, 0) is 21.4 Å². The highest BCUT2D eigenvalue weighted by Gasteiger charge is 2.59. The number of aliphatic hydroxyl groups excluding tert-OH is 1. The van der Waals surface area contributed by atoms with Crippen LogP contribution in [0.1, 0.15) is 30.4 Å². The summed E-state index contributed by atoms with van der Waals surface area (Å²) in [6.07, 6.45) is 2.90. The zero-order chi connectivity index (χ0) is 23.7. The van der Waals surface area contributed by atoms with Crippen LogP contribution in [-0.4, -0.2) is 34.7 Å². The van der Waals surface area contributed by atoms with Gasteiger partial charge in [0, 0.05) is 12.2 Å². The van der Waals surface area contributed by atoms with Crippen molar-refractivity contribution in [3.63, 3.8) is 0 Å². The molecule has 1 amide bonds. The summed E-state index contributed by atoms with van der Waals surface area (Å²) in [5.74, 6) is -1.94. The number of carboxylic acid groups (broad SMARTS) is 1. The van der Waals surface area contributed by atoms with E-state index in [2.05, 4.69) is 12.1 Å². The Labute approximate surface area is 199 Å². The first kappa shape index (κ1) is 22.4. The van der Waals surface area contributed by atoms with Gasteiger partial charge in [0.2, 0.25) is 5.91 Å². The highest BCUT2D eigenvalue weighted by molar-refractivity contribution is 6.12. The topological polar surface area (TPSA) is 77.8 Å². The molecule has 0 bridgehead atoms. The van der Waals surface area contributed by atoms with Crippen molar-refractivity contribution in [2.75, 3.05) is 11.4 Å². The number of aliphatic hydroxyl groups is 1. The summed E-state index contributed by atoms with van der Waals surface area (Å²) in [7, 11) is 0. The van der Waals surface area contributed by atoms with Crippen molar-refractivity contribution in [3.8, 4) is 11.1 Å². The summed E-state index contributed by atoms with van der Waals surface area (Å²) in [6.45, 7) is 0.283. The van der Waals surface area contributed by atoms with E-state index in [4.69, 9.17) is 0 Å². The maximum atomic E-state index is 13.0. The molecule has 3 aromatic rings. The van der Waals surface area contributed by atoms with Crippen molar-refractivity contribution in [1.82, 2.24) is 0 Å². The molecule has 1 heterocycles. The number of carbonyl (C=O) groups excluding carboxylic acids is 1. The molecule has 1 spiro atoms. The van der Waals surface area contributed by atoms with Gasteiger partial charge in [0.05, 0.1) is 17.4 Å². The van der Waals surface area contributed by atoms with Crippen molar-refractivity contribution in [2.45, 2.75) is 37.2 Å². The molecule has 1 radical (unpaired) electrons. The monoisotopic (exact) mass is 454 g/mol. The molecule has 3 atom stereocenters. The molecule has 3 unspecified atom stereocenters. The van der Waals surface area contributed by atoms with E-state index < -0.39 is 23.4 Å². The van der Waals surface area contributed by atoms with Crippen LogP contribution in [0.5, 0.6) is 0 Å². The van der Waals surface area contributed by atoms with Gasteiger partial charge in [-0.15, -0.1) is 0 Å². The van der Waals surface area contributed by atoms with E-state index in [0.717, 1.165) is 34.4 Å². The van der Waals surface area contributed by atoms with E-state index in [9.17, 15) is 19.8 Å². The lowest BCUT2D eigenvalue weighted by molar-refractivity contribution is -0.146. The third-order valence-electron chi connectivity index (χ3n) is 7.15. The Morgan fingerprint density at radius 1 is 0.912 bits per heavy atom. The SMILES string of the molecule is O=C(O)C(CCN1C(=O)C2([CH]C2)c2ccccc21)C(O)CCc1ccc(-c2ccccc2)cc1. The summed E-state index contributed by atoms with van der Waals surface area (Å²) in [5.41, 5.74) is 4.67. The minimum atomic E-state index is -1.03. The van der Waals surface area contributed by atoms with E-state index in [1.807, 2.05) is 73.2 Å². The van der Waals surface area contributed by atoms with Gasteiger partial charge in [0.1, 0.15) is 0 Å². The first-order valence-corrected chi connectivity index (χ1v) is 11.8. The number of amides is 1. The largest absolute Gasteiger partial charge is 0.481 e. The highest BCUT2D eigenvalue weighted by atomic mass is 16.4. The maximum Gasteiger partial charge on any atom is 0.309 e. The third kappa shape index (κ3) is 4.12. The van der Waals surface area contributed by atoms with Crippen LogP contribution < -0.4 is 4.90 Å². The predicted octanol–water partition coefficient (Wildman–Crippen LogP) is 4.63. The molecule has 173 valence electrons. The minimum Gasteiger partial charge on any atom is -0.481 e. The quantitative estimate of drug-likeness (QED) is 0.494. The molecule has 1 aliphatic heterocycles. The standard InChI is InChI=1S/C29H28NO4/c31-26(15-12-20-10-13-22(14-11-20)21-6-2-1-3-7-21)23(27(32)33)16-19-30-25-9-5-4-8-24(25)29(17-18-29)28(30)34/h1-11,13-14,17,23,26,31H,12,15-16,18-19H2,(H,32,33). The number of carbonyl (C=O) groups is 2. The van der Waals surface area contributed by atoms with Crippen LogP contribution in [0.15, 0.2) is 78.9 Å². The summed E-state index contributed by atoms with van der Waals surface area (Å²) < 4.78 is 0. The number of nitrogens with zero attached hydrogens (tertiary/aromatic N) is 1. The lowest BCUT2D eigenvalue weighted by atomic mass is 9.93. The molecule has 1 aliphatic carbocycles. The minimum absolute atomic E-state index is 0.0193. The fourth-order valence-electron chi connectivity index (χ4n) is 5.03. The lowest BCUT2D eigenvalue weighted by Crippen LogP contribution is -2.37. The Morgan fingerprint density at radius 2 is 1.56 bits per heavy atom. The Morgan fingerprint density at radius 3 is 2.24 bits per heavy atom. The molecule has 2 aliphatic rings. The van der Waals surface area contributed by atoms with Crippen LogP contribution in [0.25, 0.3) is 11.1 Å². The lowest BCUT2D eigenvalue weighted by Gasteiger charge is -2.23. The molecule has 5 rings (SSSR count). The van der Waals surface area contributed by atoms with Gasteiger partial charge in [-0.3, -0.25) is 9.59 Å². The first-order chi connectivity index (χ1) is 16.5. The maximum absolute atomic E-state index is 13.0. The fourth-order valence-corrected chi connectivity index (χ4v) is 5.03. The van der Waals surface area contributed by atoms with Crippen molar-refractivity contribution < 1.29 is 19.8 Å². The summed E-state index contributed by atoms with van der Waals surface area (Å²) >= 11 is 0. The van der Waals surface area contributed by atoms with Crippen molar-refractivity contribution in [2.24, 2.45) is 5.92 Å². The van der Waals surface area contributed by atoms with E-state index in [0.29, 0.717) is 12.8 Å². The fraction of sp³-hybridized carbons (Fsp3) is 0.276. The Bertz CT molecular complexity index is 1180. The second kappa shape index (κ2) is 9.07. The summed E-state index contributed by atoms with van der Waals surface area (Å²) in [4.78, 5) is 26.7. The smallest absolute Gasteiger partial charge is 0.309 e. The molecule has 0 aromatic heterocycles. The Hall–Kier alpha value is -3.44. The van der Waals surface area contributed by atoms with Gasteiger partial charge in [-0.2, -0.15) is 0 Å². The van der Waals surface area contributed by atoms with Crippen LogP contribution in [0, 0.1) is 12.3 Å². The number of fused-ring (bicyclic) bond motifs is 2. The number of benzene rings is 3. The summed E-state index contributed by atoms with van der Waals surface area (Å²) in [6, 6.07) is 26.0. The number of aryl methyl sites for hydroxylation is 1. The number of aliphatic carboxylic acids is 1. The molecule has 5 nitrogen and oxygen atoms in total. The second-order valence-corrected chi connectivity index (χ2v) is 9.26. The van der Waals surface area contributed by atoms with Crippen LogP contribution in [0.3, 0.4) is 0 Å². The van der Waals surface area contributed by atoms with Gasteiger partial charge < -0.3 is 15.1 Å². The molecule has 1 fully saturated rings. The van der Waals surface area contributed by atoms with Gasteiger partial charge >= 0.3 is 5.97 Å². The Kier molecular flexibility index (Phi) is 5.96. The Balaban J connectivity index is 1.20. The number of carboxylic acids is 1. The van der Waals surface area contributed by atoms with E-state index in [1.165, 1.54) is 0 Å². The molecule has 1 saturated carbocycles. The molecule has 34 heavy (non-hydrogen) atoms. The molecular formula is C29H28NO4. The van der Waals surface area contributed by atoms with E-state index in [-0.39, 0.29) is 18.9 Å². The number of para-hydroxylation sites is 1. The van der Waals surface area contributed by atoms with Gasteiger partial charge in [0.25, 0.3) is 0 Å². The van der Waals surface area contributed by atoms with Crippen LogP contribution >= 0.6 is 0 Å². The first-order valence-electron chi connectivity index (χ1n) is 11.8. The van der Waals surface area contributed by atoms with Crippen molar-refractivity contribution in [3.05, 3.63) is 96.4 Å². The van der Waals surface area contributed by atoms with Crippen molar-refractivity contribution in [1.29, 1.82) is 0 Å². The highest BCUT2D eigenvalue weighted by Crippen LogP contribution is 2.56. The van der Waals surface area contributed by atoms with Gasteiger partial charge in [-0.25, -0.2) is 0 Å². The zero-order valence-corrected chi connectivity index (χ0v) is 18.9. The van der Waals surface area contributed by atoms with E-state index >= 15 is 0 Å². The van der Waals surface area contributed by atoms with Crippen molar-refractivity contribution >= 4 is 17.6 Å². The molecular weight excluding hydrogens is 426 g/mol. The number of anilines is 1. The number of hydrogen-bond acceptors (Lipinski definition) is 3. The third-order valence-corrected chi connectivity index (χ3v) is 7.15. The molecule has 5 heteroatoms. The van der Waals surface area contributed by atoms with E-state index in [1.54, 1.807) is 4.90 Å². The second-order valence-electron chi connectivity index (χ2n) is 9.26. The van der Waals surface area contributed by atoms with Gasteiger partial charge in [-0.1, -0.05) is 72.8 Å². The van der Waals surface area contributed by atoms with Crippen LogP contribution in [0.2, 0.25) is 0 Å². The predicted molar refractivity (Wildman–Crippen MR) is 131 cm³/mol. The number of hydrogen-bond donors (Lipinski definition) is 2. The zero-order valence-electron chi connectivity index (χ0n) is 18.9. The molecule has 2 N–H and O–H groups in total. The molecule has 0 saturated heterocycles. The average Bonchev–Trinajstić information content (AvgIpc) is 3.64. The van der Waals surface area contributed by atoms with Gasteiger partial charge in [-0.05, 0) is 60.4 Å².